The lowest BCUT2D eigenvalue weighted by Gasteiger charge is -2.14. The van der Waals surface area contributed by atoms with Crippen LogP contribution in [0.2, 0.25) is 0 Å². The molecule has 1 aromatic carbocycles. The van der Waals surface area contributed by atoms with E-state index in [4.69, 9.17) is 14.4 Å². The number of hydrogen-bond acceptors (Lipinski definition) is 6. The second-order valence-corrected chi connectivity index (χ2v) is 5.26. The maximum Gasteiger partial charge on any atom is 0.326 e. The Balaban J connectivity index is 1.92. The fourth-order valence-corrected chi connectivity index (χ4v) is 1.98. The van der Waals surface area contributed by atoms with E-state index < -0.39 is 30.8 Å². The van der Waals surface area contributed by atoms with Crippen molar-refractivity contribution in [2.75, 3.05) is 0 Å². The first kappa shape index (κ1) is 19.3. The van der Waals surface area contributed by atoms with Gasteiger partial charge >= 0.3 is 5.97 Å². The lowest BCUT2D eigenvalue weighted by Crippen LogP contribution is -2.42. The predicted octanol–water partition coefficient (Wildman–Crippen LogP) is 2.05. The number of nitrogens with one attached hydrogen (secondary N) is 1. The molecule has 1 amide bonds. The summed E-state index contributed by atoms with van der Waals surface area (Å²) in [5.74, 6) is -1.00. The van der Waals surface area contributed by atoms with Gasteiger partial charge in [-0.25, -0.2) is 13.6 Å². The van der Waals surface area contributed by atoms with E-state index in [9.17, 15) is 18.4 Å². The zero-order valence-electron chi connectivity index (χ0n) is 13.8. The van der Waals surface area contributed by atoms with Gasteiger partial charge < -0.3 is 19.7 Å². The molecule has 140 valence electrons. The van der Waals surface area contributed by atoms with Gasteiger partial charge in [0.2, 0.25) is 18.1 Å². The summed E-state index contributed by atoms with van der Waals surface area (Å²) in [7, 11) is 0. The number of ether oxygens (including phenoxy) is 1. The molecule has 0 aliphatic heterocycles. The van der Waals surface area contributed by atoms with Crippen LogP contribution < -0.4 is 10.1 Å². The van der Waals surface area contributed by atoms with E-state index in [0.29, 0.717) is 23.9 Å². The number of halogens is 2. The van der Waals surface area contributed by atoms with Crippen LogP contribution in [0.4, 0.5) is 8.78 Å². The van der Waals surface area contributed by atoms with Crippen molar-refractivity contribution in [3.8, 4) is 5.75 Å². The van der Waals surface area contributed by atoms with Gasteiger partial charge in [0.05, 0.1) is 0 Å². The van der Waals surface area contributed by atoms with Crippen molar-refractivity contribution >= 4 is 11.9 Å². The summed E-state index contributed by atoms with van der Waals surface area (Å²) in [4.78, 5) is 27.0. The Hall–Kier alpha value is -3.04. The fourth-order valence-electron chi connectivity index (χ4n) is 1.98. The van der Waals surface area contributed by atoms with E-state index in [1.165, 1.54) is 24.3 Å². The number of carboxylic acid groups (broad SMARTS) is 1. The van der Waals surface area contributed by atoms with E-state index in [-0.39, 0.29) is 12.2 Å². The zero-order chi connectivity index (χ0) is 19.1. The van der Waals surface area contributed by atoms with Crippen LogP contribution in [0.1, 0.15) is 35.4 Å². The third-order valence-corrected chi connectivity index (χ3v) is 3.31. The van der Waals surface area contributed by atoms with Crippen LogP contribution in [0.15, 0.2) is 28.8 Å². The van der Waals surface area contributed by atoms with Gasteiger partial charge in [-0.1, -0.05) is 12.1 Å². The molecule has 0 radical (unpaired) electrons. The molecule has 1 heterocycles. The minimum atomic E-state index is -2.84. The number of carbonyl (C=O) groups excluding carboxylic acids is 1. The highest BCUT2D eigenvalue weighted by Gasteiger charge is 2.24. The Labute approximate surface area is 147 Å². The number of aliphatic carboxylic acids is 1. The number of nitrogens with zero attached hydrogens (tertiary/aromatic N) is 2. The highest BCUT2D eigenvalue weighted by Crippen LogP contribution is 2.14. The predicted molar refractivity (Wildman–Crippen MR) is 84.0 cm³/mol. The third kappa shape index (κ3) is 5.50. The van der Waals surface area contributed by atoms with Gasteiger partial charge in [-0.15, -0.1) is 0 Å². The minimum absolute atomic E-state index is 0.0739. The van der Waals surface area contributed by atoms with Crippen molar-refractivity contribution in [3.63, 3.8) is 0 Å². The highest BCUT2D eigenvalue weighted by atomic mass is 19.3. The number of rotatable bonds is 9. The number of amides is 1. The summed E-state index contributed by atoms with van der Waals surface area (Å²) >= 11 is 0. The molecule has 0 aliphatic rings. The van der Waals surface area contributed by atoms with Gasteiger partial charge in [0.25, 0.3) is 5.91 Å². The highest BCUT2D eigenvalue weighted by molar-refractivity contribution is 5.96. The topological polar surface area (TPSA) is 115 Å². The van der Waals surface area contributed by atoms with Gasteiger partial charge in [0.1, 0.15) is 11.8 Å². The van der Waals surface area contributed by atoms with Crippen LogP contribution in [-0.4, -0.2) is 39.6 Å². The number of hydrogen-bond donors (Lipinski definition) is 2. The summed E-state index contributed by atoms with van der Waals surface area (Å²) in [5, 5.41) is 14.7. The average molecular weight is 369 g/mol. The first-order valence-corrected chi connectivity index (χ1v) is 7.75. The van der Waals surface area contributed by atoms with Crippen molar-refractivity contribution in [3.05, 3.63) is 41.5 Å². The largest absolute Gasteiger partial charge is 0.485 e. The van der Waals surface area contributed by atoms with Crippen LogP contribution >= 0.6 is 0 Å². The number of carbonyl (C=O) groups is 2. The van der Waals surface area contributed by atoms with Crippen LogP contribution in [-0.2, 0) is 17.8 Å². The Kier molecular flexibility index (Phi) is 6.59. The molecule has 2 aromatic rings. The summed E-state index contributed by atoms with van der Waals surface area (Å²) in [6.07, 6.45) is -3.20. The zero-order valence-corrected chi connectivity index (χ0v) is 13.8. The second-order valence-electron chi connectivity index (χ2n) is 5.26. The SMILES string of the molecule is CCc1nc(COc2ccc(C(=O)NC(CC(F)F)C(=O)O)cc2)no1. The molecular formula is C16H17F2N3O5. The maximum absolute atomic E-state index is 12.4. The van der Waals surface area contributed by atoms with Crippen molar-refractivity contribution < 1.29 is 32.7 Å². The lowest BCUT2D eigenvalue weighted by atomic mass is 10.1. The van der Waals surface area contributed by atoms with Gasteiger partial charge in [-0.2, -0.15) is 4.98 Å². The lowest BCUT2D eigenvalue weighted by molar-refractivity contribution is -0.140. The molecular weight excluding hydrogens is 352 g/mol. The van der Waals surface area contributed by atoms with Gasteiger partial charge in [0, 0.05) is 18.4 Å². The monoisotopic (exact) mass is 369 g/mol. The fraction of sp³-hybridized carbons (Fsp3) is 0.375. The van der Waals surface area contributed by atoms with E-state index in [1.807, 2.05) is 6.92 Å². The molecule has 0 bridgehead atoms. The molecule has 1 atom stereocenters. The van der Waals surface area contributed by atoms with E-state index in [2.05, 4.69) is 15.5 Å². The number of carboxylic acids is 1. The molecule has 26 heavy (non-hydrogen) atoms. The summed E-state index contributed by atoms with van der Waals surface area (Å²) in [5.41, 5.74) is 0.116. The first-order valence-electron chi connectivity index (χ1n) is 7.75. The Bertz CT molecular complexity index is 749. The first-order chi connectivity index (χ1) is 12.4. The molecule has 2 N–H and O–H groups in total. The Morgan fingerprint density at radius 1 is 1.31 bits per heavy atom. The quantitative estimate of drug-likeness (QED) is 0.695. The smallest absolute Gasteiger partial charge is 0.326 e. The van der Waals surface area contributed by atoms with Crippen LogP contribution in [0.3, 0.4) is 0 Å². The molecule has 1 aromatic heterocycles. The summed E-state index contributed by atoms with van der Waals surface area (Å²) in [6, 6.07) is 4.08. The number of aromatic nitrogens is 2. The number of alkyl halides is 2. The summed E-state index contributed by atoms with van der Waals surface area (Å²) in [6.45, 7) is 1.95. The van der Waals surface area contributed by atoms with Crippen molar-refractivity contribution in [2.45, 2.75) is 38.8 Å². The van der Waals surface area contributed by atoms with Crippen LogP contribution in [0.5, 0.6) is 5.75 Å². The summed E-state index contributed by atoms with van der Waals surface area (Å²) < 4.78 is 35.1. The molecule has 0 saturated carbocycles. The van der Waals surface area contributed by atoms with Gasteiger partial charge in [-0.05, 0) is 24.3 Å². The minimum Gasteiger partial charge on any atom is -0.485 e. The standard InChI is InChI=1S/C16H17F2N3O5/c1-2-14-20-13(21-26-14)8-25-10-5-3-9(4-6-10)15(22)19-11(16(23)24)7-12(17)18/h3-6,11-12H,2,7-8H2,1H3,(H,19,22)(H,23,24). The number of aryl methyl sites for hydroxylation is 1. The second kappa shape index (κ2) is 8.88. The Morgan fingerprint density at radius 2 is 2.00 bits per heavy atom. The molecule has 8 nitrogen and oxygen atoms in total. The molecule has 1 unspecified atom stereocenters. The Morgan fingerprint density at radius 3 is 2.54 bits per heavy atom. The average Bonchev–Trinajstić information content (AvgIpc) is 3.07. The van der Waals surface area contributed by atoms with E-state index in [1.54, 1.807) is 0 Å². The number of benzene rings is 1. The molecule has 10 heteroatoms. The van der Waals surface area contributed by atoms with E-state index >= 15 is 0 Å². The van der Waals surface area contributed by atoms with Gasteiger partial charge in [0.15, 0.2) is 6.61 Å². The maximum atomic E-state index is 12.4. The van der Waals surface area contributed by atoms with Crippen LogP contribution in [0, 0.1) is 0 Å². The van der Waals surface area contributed by atoms with Crippen molar-refractivity contribution in [2.24, 2.45) is 0 Å². The molecule has 0 saturated heterocycles. The van der Waals surface area contributed by atoms with Gasteiger partial charge in [-0.3, -0.25) is 4.79 Å². The van der Waals surface area contributed by atoms with E-state index in [0.717, 1.165) is 0 Å². The van der Waals surface area contributed by atoms with Crippen LogP contribution in [0.25, 0.3) is 0 Å². The molecule has 0 aliphatic carbocycles. The molecule has 0 spiro atoms. The normalized spacial score (nSPS) is 12.0. The van der Waals surface area contributed by atoms with Crippen molar-refractivity contribution in [1.29, 1.82) is 0 Å². The molecule has 2 rings (SSSR count). The third-order valence-electron chi connectivity index (χ3n) is 3.31. The van der Waals surface area contributed by atoms with Crippen molar-refractivity contribution in [1.82, 2.24) is 15.5 Å². The molecule has 0 fully saturated rings.